The predicted octanol–water partition coefficient (Wildman–Crippen LogP) is -0.990. The lowest BCUT2D eigenvalue weighted by atomic mass is 10.0. The molecule has 0 bridgehead atoms. The number of carbonyl (C=O) groups is 2. The first-order valence-electron chi connectivity index (χ1n) is 5.44. The van der Waals surface area contributed by atoms with Crippen molar-refractivity contribution in [2.45, 2.75) is 31.9 Å². The molecular formula is C10H16N4O4. The average molecular weight is 256 g/mol. The van der Waals surface area contributed by atoms with Crippen molar-refractivity contribution in [2.24, 2.45) is 0 Å². The third-order valence-electron chi connectivity index (χ3n) is 2.24. The Bertz CT molecular complexity index is 402. The molecule has 18 heavy (non-hydrogen) atoms. The number of aryl methyl sites for hydroxylation is 1. The monoisotopic (exact) mass is 256 g/mol. The topological polar surface area (TPSA) is 117 Å². The summed E-state index contributed by atoms with van der Waals surface area (Å²) in [6.07, 6.45) is 2.91. The molecular weight excluding hydrogens is 240 g/mol. The van der Waals surface area contributed by atoms with Crippen LogP contribution in [0, 0.1) is 0 Å². The van der Waals surface area contributed by atoms with Gasteiger partial charge in [0.25, 0.3) is 0 Å². The minimum absolute atomic E-state index is 0.102. The van der Waals surface area contributed by atoms with Crippen LogP contribution in [-0.4, -0.2) is 49.2 Å². The largest absolute Gasteiger partial charge is 0.481 e. The van der Waals surface area contributed by atoms with Crippen LogP contribution in [0.25, 0.3) is 0 Å². The molecule has 1 atom stereocenters. The summed E-state index contributed by atoms with van der Waals surface area (Å²) in [6, 6.07) is 0. The van der Waals surface area contributed by atoms with E-state index in [4.69, 9.17) is 5.11 Å². The number of hydrogen-bond donors (Lipinski definition) is 3. The number of nitrogens with zero attached hydrogens (tertiary/aromatic N) is 3. The summed E-state index contributed by atoms with van der Waals surface area (Å²) >= 11 is 0. The highest BCUT2D eigenvalue weighted by molar-refractivity contribution is 5.76. The average Bonchev–Trinajstić information content (AvgIpc) is 2.74. The van der Waals surface area contributed by atoms with E-state index in [0.717, 1.165) is 0 Å². The van der Waals surface area contributed by atoms with E-state index in [0.29, 0.717) is 6.54 Å². The molecule has 0 aliphatic rings. The molecule has 0 saturated carbocycles. The minimum atomic E-state index is -1.45. The van der Waals surface area contributed by atoms with Crippen molar-refractivity contribution in [3.8, 4) is 0 Å². The number of aliphatic carboxylic acids is 1. The molecule has 0 fully saturated rings. The highest BCUT2D eigenvalue weighted by Crippen LogP contribution is 2.07. The van der Waals surface area contributed by atoms with Gasteiger partial charge in [-0.3, -0.25) is 14.3 Å². The van der Waals surface area contributed by atoms with Gasteiger partial charge in [0, 0.05) is 19.2 Å². The van der Waals surface area contributed by atoms with E-state index in [-0.39, 0.29) is 18.9 Å². The Kier molecular flexibility index (Phi) is 4.78. The van der Waals surface area contributed by atoms with Gasteiger partial charge in [-0.2, -0.15) is 0 Å². The molecule has 1 aromatic heterocycles. The van der Waals surface area contributed by atoms with Gasteiger partial charge in [-0.05, 0) is 6.92 Å². The zero-order valence-electron chi connectivity index (χ0n) is 10.0. The van der Waals surface area contributed by atoms with Crippen LogP contribution < -0.4 is 5.32 Å². The Morgan fingerprint density at radius 1 is 1.50 bits per heavy atom. The van der Waals surface area contributed by atoms with Gasteiger partial charge < -0.3 is 15.5 Å². The molecule has 1 heterocycles. The number of carboxylic acid groups (broad SMARTS) is 1. The van der Waals surface area contributed by atoms with Gasteiger partial charge in [0.05, 0.1) is 24.8 Å². The maximum atomic E-state index is 11.4. The van der Waals surface area contributed by atoms with Gasteiger partial charge in [-0.1, -0.05) is 5.21 Å². The van der Waals surface area contributed by atoms with Crippen LogP contribution in [0.4, 0.5) is 0 Å². The number of nitrogens with one attached hydrogen (secondary N) is 1. The summed E-state index contributed by atoms with van der Waals surface area (Å²) in [6.45, 7) is 1.64. The highest BCUT2D eigenvalue weighted by atomic mass is 16.4. The Hall–Kier alpha value is -1.96. The summed E-state index contributed by atoms with van der Waals surface area (Å²) in [5, 5.41) is 28.0. The van der Waals surface area contributed by atoms with Crippen molar-refractivity contribution in [2.75, 3.05) is 6.54 Å². The fourth-order valence-corrected chi connectivity index (χ4v) is 1.33. The SMILES string of the molecule is CC(O)(CNC(=O)CCn1ccnn1)CC(=O)O. The van der Waals surface area contributed by atoms with Crippen LogP contribution in [0.1, 0.15) is 19.8 Å². The first-order chi connectivity index (χ1) is 8.39. The van der Waals surface area contributed by atoms with Crippen molar-refractivity contribution >= 4 is 11.9 Å². The van der Waals surface area contributed by atoms with Crippen molar-refractivity contribution in [1.82, 2.24) is 20.3 Å². The molecule has 100 valence electrons. The molecule has 1 unspecified atom stereocenters. The Labute approximate surface area is 104 Å². The summed E-state index contributed by atoms with van der Waals surface area (Å²) < 4.78 is 1.51. The van der Waals surface area contributed by atoms with E-state index in [1.165, 1.54) is 17.8 Å². The van der Waals surface area contributed by atoms with E-state index in [1.54, 1.807) is 6.20 Å². The third-order valence-corrected chi connectivity index (χ3v) is 2.24. The molecule has 0 aliphatic heterocycles. The van der Waals surface area contributed by atoms with Gasteiger partial charge in [-0.15, -0.1) is 5.10 Å². The van der Waals surface area contributed by atoms with Crippen LogP contribution in [0.2, 0.25) is 0 Å². The van der Waals surface area contributed by atoms with E-state index in [9.17, 15) is 14.7 Å². The summed E-state index contributed by atoms with van der Waals surface area (Å²) in [7, 11) is 0. The maximum Gasteiger partial charge on any atom is 0.306 e. The Morgan fingerprint density at radius 3 is 2.78 bits per heavy atom. The molecule has 8 nitrogen and oxygen atoms in total. The van der Waals surface area contributed by atoms with Crippen LogP contribution in [-0.2, 0) is 16.1 Å². The molecule has 1 aromatic rings. The highest BCUT2D eigenvalue weighted by Gasteiger charge is 2.24. The molecule has 3 N–H and O–H groups in total. The molecule has 0 saturated heterocycles. The van der Waals surface area contributed by atoms with Crippen LogP contribution in [0.5, 0.6) is 0 Å². The number of aromatic nitrogens is 3. The number of aliphatic hydroxyl groups is 1. The Balaban J connectivity index is 2.26. The predicted molar refractivity (Wildman–Crippen MR) is 60.5 cm³/mol. The normalized spacial score (nSPS) is 13.9. The lowest BCUT2D eigenvalue weighted by Crippen LogP contribution is -2.42. The van der Waals surface area contributed by atoms with E-state index >= 15 is 0 Å². The zero-order chi connectivity index (χ0) is 13.6. The van der Waals surface area contributed by atoms with Crippen LogP contribution in [0.3, 0.4) is 0 Å². The second-order valence-corrected chi connectivity index (χ2v) is 4.26. The first-order valence-corrected chi connectivity index (χ1v) is 5.44. The second kappa shape index (κ2) is 6.10. The summed E-state index contributed by atoms with van der Waals surface area (Å²) in [5.41, 5.74) is -1.45. The third kappa shape index (κ3) is 5.39. The van der Waals surface area contributed by atoms with Crippen LogP contribution in [0.15, 0.2) is 12.4 Å². The van der Waals surface area contributed by atoms with E-state index in [1.807, 2.05) is 0 Å². The molecule has 1 amide bonds. The van der Waals surface area contributed by atoms with E-state index < -0.39 is 18.0 Å². The smallest absolute Gasteiger partial charge is 0.306 e. The van der Waals surface area contributed by atoms with Gasteiger partial charge >= 0.3 is 5.97 Å². The van der Waals surface area contributed by atoms with Crippen molar-refractivity contribution in [3.05, 3.63) is 12.4 Å². The van der Waals surface area contributed by atoms with Gasteiger partial charge in [-0.25, -0.2) is 0 Å². The Morgan fingerprint density at radius 2 is 2.22 bits per heavy atom. The summed E-state index contributed by atoms with van der Waals surface area (Å²) in [5.74, 6) is -1.40. The van der Waals surface area contributed by atoms with E-state index in [2.05, 4.69) is 15.6 Å². The first kappa shape index (κ1) is 14.1. The van der Waals surface area contributed by atoms with Gasteiger partial charge in [0.15, 0.2) is 0 Å². The number of carboxylic acids is 1. The van der Waals surface area contributed by atoms with Gasteiger partial charge in [0.1, 0.15) is 0 Å². The maximum absolute atomic E-state index is 11.4. The van der Waals surface area contributed by atoms with Crippen molar-refractivity contribution in [1.29, 1.82) is 0 Å². The molecule has 1 rings (SSSR count). The lowest BCUT2D eigenvalue weighted by Gasteiger charge is -2.21. The zero-order valence-corrected chi connectivity index (χ0v) is 10.0. The standard InChI is InChI=1S/C10H16N4O4/c1-10(18,6-9(16)17)7-11-8(15)2-4-14-5-3-12-13-14/h3,5,18H,2,4,6-7H2,1H3,(H,11,15)(H,16,17). The van der Waals surface area contributed by atoms with Crippen molar-refractivity contribution < 1.29 is 19.8 Å². The molecule has 0 spiro atoms. The van der Waals surface area contributed by atoms with Gasteiger partial charge in [0.2, 0.25) is 5.91 Å². The second-order valence-electron chi connectivity index (χ2n) is 4.26. The number of rotatable bonds is 7. The molecule has 0 aliphatic carbocycles. The summed E-state index contributed by atoms with van der Waals surface area (Å²) in [4.78, 5) is 21.9. The molecule has 8 heteroatoms. The number of carbonyl (C=O) groups excluding carboxylic acids is 1. The molecule has 0 aromatic carbocycles. The lowest BCUT2D eigenvalue weighted by molar-refractivity contribution is -0.142. The fraction of sp³-hybridized carbons (Fsp3) is 0.600. The fourth-order valence-electron chi connectivity index (χ4n) is 1.33. The quantitative estimate of drug-likeness (QED) is 0.576. The van der Waals surface area contributed by atoms with Crippen LogP contribution >= 0.6 is 0 Å². The number of amides is 1. The number of hydrogen-bond acceptors (Lipinski definition) is 5. The molecule has 0 radical (unpaired) electrons. The minimum Gasteiger partial charge on any atom is -0.481 e. The van der Waals surface area contributed by atoms with Crippen molar-refractivity contribution in [3.63, 3.8) is 0 Å².